The normalized spacial score (nSPS) is 10.9. The smallest absolute Gasteiger partial charge is 0.238 e. The molecule has 0 aliphatic rings. The van der Waals surface area contributed by atoms with Crippen LogP contribution in [0.1, 0.15) is 0 Å². The first-order valence-electron chi connectivity index (χ1n) is 9.12. The molecule has 0 radical (unpaired) electrons. The van der Waals surface area contributed by atoms with Gasteiger partial charge in [0.1, 0.15) is 5.75 Å². The number of thiazole rings is 1. The minimum Gasteiger partial charge on any atom is -0.508 e. The molecule has 2 aromatic carbocycles. The molecule has 30 heavy (non-hydrogen) atoms. The van der Waals surface area contributed by atoms with E-state index in [1.54, 1.807) is 36.2 Å². The van der Waals surface area contributed by atoms with Gasteiger partial charge >= 0.3 is 0 Å². The summed E-state index contributed by atoms with van der Waals surface area (Å²) in [7, 11) is 3.58. The van der Waals surface area contributed by atoms with Gasteiger partial charge in [0, 0.05) is 30.6 Å². The SMILES string of the molecule is CN(C(=O)CSc1nnc(-c2ccc(O)cc2)n1C)c1nc(-c2ccccc2)cs1. The van der Waals surface area contributed by atoms with Crippen molar-refractivity contribution in [3.8, 4) is 28.4 Å². The number of phenolic OH excluding ortho intramolecular Hbond substituents is 1. The second-order valence-electron chi connectivity index (χ2n) is 6.53. The van der Waals surface area contributed by atoms with Crippen LogP contribution in [0.15, 0.2) is 65.1 Å². The molecule has 0 unspecified atom stereocenters. The lowest BCUT2D eigenvalue weighted by Gasteiger charge is -2.13. The molecule has 0 bridgehead atoms. The standard InChI is InChI=1S/C21H19N5O2S2/c1-25(20-22-17(12-29-20)14-6-4-3-5-7-14)18(28)13-30-21-24-23-19(26(21)2)15-8-10-16(27)11-9-15/h3-12,27H,13H2,1-2H3. The fourth-order valence-electron chi connectivity index (χ4n) is 2.79. The van der Waals surface area contributed by atoms with Crippen molar-refractivity contribution < 1.29 is 9.90 Å². The minimum absolute atomic E-state index is 0.0665. The molecule has 0 aliphatic carbocycles. The number of nitrogens with zero attached hydrogens (tertiary/aromatic N) is 5. The van der Waals surface area contributed by atoms with Gasteiger partial charge in [0.05, 0.1) is 11.4 Å². The zero-order valence-electron chi connectivity index (χ0n) is 16.4. The third-order valence-electron chi connectivity index (χ3n) is 4.51. The molecule has 0 saturated carbocycles. The van der Waals surface area contributed by atoms with Crippen molar-refractivity contribution in [3.63, 3.8) is 0 Å². The molecule has 1 amide bonds. The van der Waals surface area contributed by atoms with Crippen LogP contribution in [0, 0.1) is 0 Å². The van der Waals surface area contributed by atoms with E-state index in [2.05, 4.69) is 15.2 Å². The number of phenols is 1. The van der Waals surface area contributed by atoms with E-state index in [4.69, 9.17) is 0 Å². The Morgan fingerprint density at radius 3 is 2.57 bits per heavy atom. The lowest BCUT2D eigenvalue weighted by molar-refractivity contribution is -0.115. The molecule has 0 atom stereocenters. The van der Waals surface area contributed by atoms with E-state index < -0.39 is 0 Å². The van der Waals surface area contributed by atoms with Gasteiger partial charge in [0.25, 0.3) is 0 Å². The third kappa shape index (κ3) is 4.22. The van der Waals surface area contributed by atoms with Crippen LogP contribution >= 0.6 is 23.1 Å². The van der Waals surface area contributed by atoms with Gasteiger partial charge in [-0.15, -0.1) is 21.5 Å². The molecule has 0 saturated heterocycles. The quantitative estimate of drug-likeness (QED) is 0.458. The number of aromatic nitrogens is 4. The van der Waals surface area contributed by atoms with Gasteiger partial charge in [0.15, 0.2) is 16.1 Å². The van der Waals surface area contributed by atoms with Crippen LogP contribution in [-0.4, -0.2) is 43.6 Å². The monoisotopic (exact) mass is 437 g/mol. The fourth-order valence-corrected chi connectivity index (χ4v) is 4.43. The summed E-state index contributed by atoms with van der Waals surface area (Å²) in [5.41, 5.74) is 2.72. The van der Waals surface area contributed by atoms with Crippen LogP contribution in [0.5, 0.6) is 5.75 Å². The summed E-state index contributed by atoms with van der Waals surface area (Å²) < 4.78 is 1.83. The largest absolute Gasteiger partial charge is 0.508 e. The molecule has 7 nitrogen and oxygen atoms in total. The van der Waals surface area contributed by atoms with E-state index in [-0.39, 0.29) is 17.4 Å². The summed E-state index contributed by atoms with van der Waals surface area (Å²) in [6.07, 6.45) is 0. The van der Waals surface area contributed by atoms with Gasteiger partial charge in [-0.25, -0.2) is 4.98 Å². The summed E-state index contributed by atoms with van der Waals surface area (Å²) >= 11 is 2.76. The average molecular weight is 438 g/mol. The van der Waals surface area contributed by atoms with Crippen molar-refractivity contribution >= 4 is 34.1 Å². The Morgan fingerprint density at radius 2 is 1.83 bits per heavy atom. The molecule has 2 aromatic heterocycles. The number of amides is 1. The van der Waals surface area contributed by atoms with Gasteiger partial charge in [-0.1, -0.05) is 42.1 Å². The van der Waals surface area contributed by atoms with E-state index in [0.29, 0.717) is 16.1 Å². The number of thioether (sulfide) groups is 1. The molecule has 0 spiro atoms. The highest BCUT2D eigenvalue weighted by molar-refractivity contribution is 7.99. The Bertz CT molecular complexity index is 1160. The van der Waals surface area contributed by atoms with E-state index in [1.807, 2.05) is 47.3 Å². The van der Waals surface area contributed by atoms with Gasteiger partial charge in [-0.3, -0.25) is 9.69 Å². The molecular weight excluding hydrogens is 418 g/mol. The first kappa shape index (κ1) is 20.1. The lowest BCUT2D eigenvalue weighted by atomic mass is 10.2. The first-order valence-corrected chi connectivity index (χ1v) is 11.0. The number of carbonyl (C=O) groups is 1. The van der Waals surface area contributed by atoms with Crippen molar-refractivity contribution in [1.29, 1.82) is 0 Å². The molecule has 4 rings (SSSR count). The van der Waals surface area contributed by atoms with Gasteiger partial charge in [-0.2, -0.15) is 0 Å². The zero-order valence-corrected chi connectivity index (χ0v) is 18.0. The highest BCUT2D eigenvalue weighted by atomic mass is 32.2. The molecule has 152 valence electrons. The minimum atomic E-state index is -0.0665. The molecule has 4 aromatic rings. The number of hydrogen-bond acceptors (Lipinski definition) is 7. The highest BCUT2D eigenvalue weighted by Crippen LogP contribution is 2.28. The Hall–Kier alpha value is -3.17. The van der Waals surface area contributed by atoms with Crippen molar-refractivity contribution in [2.75, 3.05) is 17.7 Å². The van der Waals surface area contributed by atoms with E-state index >= 15 is 0 Å². The Kier molecular flexibility index (Phi) is 5.82. The van der Waals surface area contributed by atoms with Gasteiger partial charge < -0.3 is 9.67 Å². The summed E-state index contributed by atoms with van der Waals surface area (Å²) in [5.74, 6) is 1.02. The third-order valence-corrected chi connectivity index (χ3v) is 6.43. The summed E-state index contributed by atoms with van der Waals surface area (Å²) in [6.45, 7) is 0. The number of anilines is 1. The van der Waals surface area contributed by atoms with Crippen LogP contribution in [0.3, 0.4) is 0 Å². The molecule has 0 fully saturated rings. The van der Waals surface area contributed by atoms with E-state index in [1.165, 1.54) is 23.1 Å². The maximum atomic E-state index is 12.7. The zero-order chi connectivity index (χ0) is 21.1. The Balaban J connectivity index is 1.41. The molecule has 9 heteroatoms. The van der Waals surface area contributed by atoms with Crippen LogP contribution in [0.25, 0.3) is 22.6 Å². The van der Waals surface area contributed by atoms with Gasteiger partial charge in [-0.05, 0) is 24.3 Å². The molecular formula is C21H19N5O2S2. The summed E-state index contributed by atoms with van der Waals surface area (Å²) in [6, 6.07) is 16.6. The number of benzene rings is 2. The van der Waals surface area contributed by atoms with Gasteiger partial charge in [0.2, 0.25) is 5.91 Å². The van der Waals surface area contributed by atoms with Crippen molar-refractivity contribution in [3.05, 3.63) is 60.0 Å². The second-order valence-corrected chi connectivity index (χ2v) is 8.31. The fraction of sp³-hybridized carbons (Fsp3) is 0.143. The van der Waals surface area contributed by atoms with Crippen molar-refractivity contribution in [1.82, 2.24) is 19.7 Å². The molecule has 0 aliphatic heterocycles. The predicted molar refractivity (Wildman–Crippen MR) is 120 cm³/mol. The first-order chi connectivity index (χ1) is 14.5. The van der Waals surface area contributed by atoms with Crippen LogP contribution in [0.4, 0.5) is 5.13 Å². The maximum Gasteiger partial charge on any atom is 0.238 e. The maximum absolute atomic E-state index is 12.7. The molecule has 1 N–H and O–H groups in total. The van der Waals surface area contributed by atoms with Crippen LogP contribution in [0.2, 0.25) is 0 Å². The van der Waals surface area contributed by atoms with Crippen molar-refractivity contribution in [2.45, 2.75) is 5.16 Å². The van der Waals surface area contributed by atoms with E-state index in [9.17, 15) is 9.90 Å². The van der Waals surface area contributed by atoms with Crippen LogP contribution < -0.4 is 4.90 Å². The number of rotatable bonds is 6. The van der Waals surface area contributed by atoms with E-state index in [0.717, 1.165) is 16.8 Å². The highest BCUT2D eigenvalue weighted by Gasteiger charge is 2.18. The topological polar surface area (TPSA) is 84.1 Å². The average Bonchev–Trinajstić information content (AvgIpc) is 3.40. The predicted octanol–water partition coefficient (Wildman–Crippen LogP) is 4.07. The number of carbonyl (C=O) groups excluding carboxylic acids is 1. The second kappa shape index (κ2) is 8.68. The number of hydrogen-bond donors (Lipinski definition) is 1. The number of aromatic hydroxyl groups is 1. The molecule has 2 heterocycles. The van der Waals surface area contributed by atoms with Crippen molar-refractivity contribution in [2.24, 2.45) is 7.05 Å². The Labute approximate surface area is 182 Å². The van der Waals surface area contributed by atoms with Crippen LogP contribution in [-0.2, 0) is 11.8 Å². The Morgan fingerprint density at radius 1 is 1.10 bits per heavy atom. The summed E-state index contributed by atoms with van der Waals surface area (Å²) in [5, 5.41) is 21.1. The summed E-state index contributed by atoms with van der Waals surface area (Å²) in [4.78, 5) is 18.8. The lowest BCUT2D eigenvalue weighted by Crippen LogP contribution is -2.27.